The van der Waals surface area contributed by atoms with Gasteiger partial charge in [-0.1, -0.05) is 12.1 Å². The van der Waals surface area contributed by atoms with Gasteiger partial charge in [0.2, 0.25) is 0 Å². The average molecular weight is 205 g/mol. The Bertz CT molecular complexity index is 408. The van der Waals surface area contributed by atoms with Crippen LogP contribution in [0.4, 0.5) is 4.39 Å². The molecular formula is C11H12FN3. The fourth-order valence-electron chi connectivity index (χ4n) is 1.57. The minimum atomic E-state index is -0.236. The lowest BCUT2D eigenvalue weighted by molar-refractivity contribution is 0.588. The largest absolute Gasteiger partial charge is 0.329 e. The van der Waals surface area contributed by atoms with Gasteiger partial charge in [-0.05, 0) is 17.7 Å². The molecule has 3 nitrogen and oxygen atoms in total. The Kier molecular flexibility index (Phi) is 2.78. The first-order chi connectivity index (χ1) is 7.31. The molecule has 15 heavy (non-hydrogen) atoms. The van der Waals surface area contributed by atoms with Crippen LogP contribution in [0.5, 0.6) is 0 Å². The van der Waals surface area contributed by atoms with E-state index in [1.807, 2.05) is 10.8 Å². The van der Waals surface area contributed by atoms with Gasteiger partial charge in [-0.2, -0.15) is 0 Å². The van der Waals surface area contributed by atoms with Crippen LogP contribution in [0, 0.1) is 5.82 Å². The summed E-state index contributed by atoms with van der Waals surface area (Å²) in [6.45, 7) is 0.460. The average Bonchev–Trinajstić information content (AvgIpc) is 2.75. The molecule has 1 heterocycles. The number of nitrogens with zero attached hydrogens (tertiary/aromatic N) is 2. The molecule has 2 N–H and O–H groups in total. The molecule has 0 aliphatic rings. The van der Waals surface area contributed by atoms with E-state index in [-0.39, 0.29) is 11.9 Å². The number of nitrogens with two attached hydrogens (primary N) is 1. The number of aromatic nitrogens is 2. The van der Waals surface area contributed by atoms with Crippen molar-refractivity contribution >= 4 is 0 Å². The summed E-state index contributed by atoms with van der Waals surface area (Å²) in [5.41, 5.74) is 6.67. The summed E-state index contributed by atoms with van der Waals surface area (Å²) in [6, 6.07) is 6.39. The summed E-state index contributed by atoms with van der Waals surface area (Å²) in [6.07, 6.45) is 5.26. The number of imidazole rings is 1. The first-order valence-electron chi connectivity index (χ1n) is 4.74. The van der Waals surface area contributed by atoms with Crippen LogP contribution < -0.4 is 5.73 Å². The SMILES string of the molecule is NCC(c1ccc(F)cc1)n1ccnc1. The Morgan fingerprint density at radius 3 is 2.60 bits per heavy atom. The summed E-state index contributed by atoms with van der Waals surface area (Å²) in [5.74, 6) is -0.236. The second-order valence-electron chi connectivity index (χ2n) is 3.31. The summed E-state index contributed by atoms with van der Waals surface area (Å²) in [5, 5.41) is 0. The Balaban J connectivity index is 2.31. The van der Waals surface area contributed by atoms with E-state index in [1.165, 1.54) is 12.1 Å². The maximum Gasteiger partial charge on any atom is 0.123 e. The molecule has 0 aliphatic heterocycles. The van der Waals surface area contributed by atoms with Crippen LogP contribution in [0.15, 0.2) is 43.0 Å². The standard InChI is InChI=1S/C11H12FN3/c12-10-3-1-9(2-4-10)11(7-13)15-6-5-14-8-15/h1-6,8,11H,7,13H2. The van der Waals surface area contributed by atoms with Crippen LogP contribution in [-0.4, -0.2) is 16.1 Å². The molecule has 2 rings (SSSR count). The van der Waals surface area contributed by atoms with Crippen molar-refractivity contribution in [2.45, 2.75) is 6.04 Å². The van der Waals surface area contributed by atoms with Crippen molar-refractivity contribution in [2.24, 2.45) is 5.73 Å². The van der Waals surface area contributed by atoms with Gasteiger partial charge < -0.3 is 10.3 Å². The lowest BCUT2D eigenvalue weighted by Gasteiger charge is -2.16. The number of hydrogen-bond donors (Lipinski definition) is 1. The van der Waals surface area contributed by atoms with Crippen LogP contribution in [0.3, 0.4) is 0 Å². The van der Waals surface area contributed by atoms with E-state index in [2.05, 4.69) is 4.98 Å². The zero-order valence-electron chi connectivity index (χ0n) is 8.18. The molecular weight excluding hydrogens is 193 g/mol. The van der Waals surface area contributed by atoms with Crippen molar-refractivity contribution in [2.75, 3.05) is 6.54 Å². The lowest BCUT2D eigenvalue weighted by atomic mass is 10.1. The second kappa shape index (κ2) is 4.23. The van der Waals surface area contributed by atoms with Crippen molar-refractivity contribution in [3.63, 3.8) is 0 Å². The first-order valence-corrected chi connectivity index (χ1v) is 4.74. The number of halogens is 1. The van der Waals surface area contributed by atoms with Crippen LogP contribution in [0.2, 0.25) is 0 Å². The minimum absolute atomic E-state index is 0.0214. The summed E-state index contributed by atoms with van der Waals surface area (Å²) >= 11 is 0. The monoisotopic (exact) mass is 205 g/mol. The van der Waals surface area contributed by atoms with Crippen molar-refractivity contribution in [1.82, 2.24) is 9.55 Å². The zero-order valence-corrected chi connectivity index (χ0v) is 8.18. The fraction of sp³-hybridized carbons (Fsp3) is 0.182. The van der Waals surface area contributed by atoms with Crippen LogP contribution in [0.1, 0.15) is 11.6 Å². The highest BCUT2D eigenvalue weighted by molar-refractivity contribution is 5.21. The Morgan fingerprint density at radius 2 is 2.07 bits per heavy atom. The second-order valence-corrected chi connectivity index (χ2v) is 3.31. The van der Waals surface area contributed by atoms with Gasteiger partial charge in [0.15, 0.2) is 0 Å². The molecule has 1 aromatic carbocycles. The summed E-state index contributed by atoms with van der Waals surface area (Å²) < 4.78 is 14.7. The van der Waals surface area contributed by atoms with E-state index in [0.717, 1.165) is 5.56 Å². The predicted molar refractivity (Wildman–Crippen MR) is 55.8 cm³/mol. The van der Waals surface area contributed by atoms with E-state index < -0.39 is 0 Å². The van der Waals surface area contributed by atoms with E-state index in [1.54, 1.807) is 24.7 Å². The van der Waals surface area contributed by atoms with Crippen LogP contribution in [-0.2, 0) is 0 Å². The third-order valence-corrected chi connectivity index (χ3v) is 2.36. The van der Waals surface area contributed by atoms with Gasteiger partial charge in [0.25, 0.3) is 0 Å². The quantitative estimate of drug-likeness (QED) is 0.826. The van der Waals surface area contributed by atoms with Crippen LogP contribution in [0.25, 0.3) is 0 Å². The predicted octanol–water partition coefficient (Wildman–Crippen LogP) is 1.57. The molecule has 0 aliphatic carbocycles. The van der Waals surface area contributed by atoms with Crippen molar-refractivity contribution in [1.29, 1.82) is 0 Å². The third kappa shape index (κ3) is 2.05. The van der Waals surface area contributed by atoms with Gasteiger partial charge in [0.1, 0.15) is 5.82 Å². The highest BCUT2D eigenvalue weighted by atomic mass is 19.1. The lowest BCUT2D eigenvalue weighted by Crippen LogP contribution is -2.19. The third-order valence-electron chi connectivity index (χ3n) is 2.36. The molecule has 1 unspecified atom stereocenters. The smallest absolute Gasteiger partial charge is 0.123 e. The topological polar surface area (TPSA) is 43.8 Å². The normalized spacial score (nSPS) is 12.7. The number of rotatable bonds is 3. The summed E-state index contributed by atoms with van der Waals surface area (Å²) in [4.78, 5) is 3.97. The molecule has 2 aromatic rings. The molecule has 4 heteroatoms. The molecule has 0 spiro atoms. The maximum absolute atomic E-state index is 12.7. The molecule has 1 aromatic heterocycles. The van der Waals surface area contributed by atoms with Crippen molar-refractivity contribution in [3.8, 4) is 0 Å². The van der Waals surface area contributed by atoms with Gasteiger partial charge in [0, 0.05) is 18.9 Å². The molecule has 0 fully saturated rings. The molecule has 1 atom stereocenters. The van der Waals surface area contributed by atoms with E-state index in [4.69, 9.17) is 5.73 Å². The molecule has 0 amide bonds. The Hall–Kier alpha value is -1.68. The molecule has 0 bridgehead atoms. The van der Waals surface area contributed by atoms with Crippen molar-refractivity contribution < 1.29 is 4.39 Å². The molecule has 0 saturated heterocycles. The Morgan fingerprint density at radius 1 is 1.33 bits per heavy atom. The highest BCUT2D eigenvalue weighted by Crippen LogP contribution is 2.16. The van der Waals surface area contributed by atoms with E-state index in [9.17, 15) is 4.39 Å². The van der Waals surface area contributed by atoms with Gasteiger partial charge >= 0.3 is 0 Å². The molecule has 0 saturated carbocycles. The van der Waals surface area contributed by atoms with Gasteiger partial charge in [0.05, 0.1) is 12.4 Å². The minimum Gasteiger partial charge on any atom is -0.329 e. The maximum atomic E-state index is 12.7. The molecule has 78 valence electrons. The van der Waals surface area contributed by atoms with Crippen LogP contribution >= 0.6 is 0 Å². The number of benzene rings is 1. The zero-order chi connectivity index (χ0) is 10.7. The fourth-order valence-corrected chi connectivity index (χ4v) is 1.57. The Labute approximate surface area is 87.4 Å². The van der Waals surface area contributed by atoms with Gasteiger partial charge in [-0.15, -0.1) is 0 Å². The molecule has 0 radical (unpaired) electrons. The number of hydrogen-bond acceptors (Lipinski definition) is 2. The summed E-state index contributed by atoms with van der Waals surface area (Å²) in [7, 11) is 0. The highest BCUT2D eigenvalue weighted by Gasteiger charge is 2.10. The first kappa shape index (κ1) is 9.86. The van der Waals surface area contributed by atoms with E-state index in [0.29, 0.717) is 6.54 Å². The van der Waals surface area contributed by atoms with Crippen molar-refractivity contribution in [3.05, 3.63) is 54.4 Å². The van der Waals surface area contributed by atoms with Gasteiger partial charge in [-0.25, -0.2) is 9.37 Å². The van der Waals surface area contributed by atoms with Gasteiger partial charge in [-0.3, -0.25) is 0 Å². The van der Waals surface area contributed by atoms with E-state index >= 15 is 0 Å².